The minimum atomic E-state index is -4.31. The first kappa shape index (κ1) is 51.0. The van der Waals surface area contributed by atoms with E-state index in [1.165, 1.54) is 103 Å². The van der Waals surface area contributed by atoms with Crippen LogP contribution in [0.1, 0.15) is 194 Å². The second kappa shape index (κ2) is 35.7. The number of carbonyl (C=O) groups excluding carboxylic acids is 1. The number of amides is 1. The monoisotopic (exact) mass is 758 g/mol. The van der Waals surface area contributed by atoms with Gasteiger partial charge in [-0.3, -0.25) is 13.8 Å². The van der Waals surface area contributed by atoms with Crippen LogP contribution >= 0.6 is 7.82 Å². The van der Waals surface area contributed by atoms with E-state index < -0.39 is 20.0 Å². The molecule has 1 amide bonds. The molecule has 0 aliphatic heterocycles. The number of allylic oxidation sites excluding steroid dienone is 4. The van der Waals surface area contributed by atoms with Crippen LogP contribution in [-0.2, 0) is 18.4 Å². The van der Waals surface area contributed by atoms with Crippen LogP contribution in [-0.4, -0.2) is 73.4 Å². The number of quaternary nitrogens is 1. The molecule has 0 spiro atoms. The van der Waals surface area contributed by atoms with E-state index >= 15 is 0 Å². The van der Waals surface area contributed by atoms with Gasteiger partial charge < -0.3 is 19.8 Å². The van der Waals surface area contributed by atoms with E-state index in [9.17, 15) is 19.4 Å². The van der Waals surface area contributed by atoms with Crippen molar-refractivity contribution in [1.82, 2.24) is 5.32 Å². The van der Waals surface area contributed by atoms with Crippen molar-refractivity contribution in [3.8, 4) is 0 Å². The lowest BCUT2D eigenvalue weighted by Crippen LogP contribution is -2.46. The van der Waals surface area contributed by atoms with E-state index in [4.69, 9.17) is 9.05 Å². The van der Waals surface area contributed by atoms with Crippen LogP contribution in [0.4, 0.5) is 0 Å². The fourth-order valence-corrected chi connectivity index (χ4v) is 6.93. The number of phosphoric acid groups is 1. The number of nitrogens with zero attached hydrogens (tertiary/aromatic N) is 1. The van der Waals surface area contributed by atoms with Gasteiger partial charge in [0, 0.05) is 6.42 Å². The Bertz CT molecular complexity index is 907. The summed E-state index contributed by atoms with van der Waals surface area (Å²) in [5.41, 5.74) is 0. The normalized spacial score (nSPS) is 14.7. The summed E-state index contributed by atoms with van der Waals surface area (Å²) in [6.07, 6.45) is 40.5. The minimum absolute atomic E-state index is 0.0722. The molecule has 0 saturated carbocycles. The van der Waals surface area contributed by atoms with Gasteiger partial charge >= 0.3 is 7.82 Å². The topological polar surface area (TPSA) is 105 Å². The Kier molecular flexibility index (Phi) is 35.0. The van der Waals surface area contributed by atoms with Crippen molar-refractivity contribution in [2.24, 2.45) is 0 Å². The highest BCUT2D eigenvalue weighted by Gasteiger charge is 2.28. The lowest BCUT2D eigenvalue weighted by atomic mass is 10.0. The number of aliphatic hydroxyl groups is 1. The third kappa shape index (κ3) is 37.3. The maximum Gasteiger partial charge on any atom is 0.472 e. The SMILES string of the molecule is CCCCC/C=C/C/C=C/CCCCCCCC(=O)N[C@@H](COP(=O)(O)OCC[N+](C)(C)C)[C@H](O)CCCCCCCCCCCCCCCCC. The zero-order valence-corrected chi connectivity index (χ0v) is 35.7. The third-order valence-electron chi connectivity index (χ3n) is 9.70. The Morgan fingerprint density at radius 1 is 0.654 bits per heavy atom. The van der Waals surface area contributed by atoms with Gasteiger partial charge in [-0.25, -0.2) is 4.57 Å². The molecule has 0 bridgehead atoms. The third-order valence-corrected chi connectivity index (χ3v) is 10.7. The fourth-order valence-electron chi connectivity index (χ4n) is 6.19. The molecule has 8 nitrogen and oxygen atoms in total. The highest BCUT2D eigenvalue weighted by molar-refractivity contribution is 7.47. The van der Waals surface area contributed by atoms with Crippen LogP contribution in [0.5, 0.6) is 0 Å². The Morgan fingerprint density at radius 2 is 1.10 bits per heavy atom. The molecule has 3 N–H and O–H groups in total. The Hall–Kier alpha value is -1.02. The number of phosphoric ester groups is 1. The molecule has 0 fully saturated rings. The summed E-state index contributed by atoms with van der Waals surface area (Å²) in [5, 5.41) is 13.9. The molecule has 0 heterocycles. The smallest absolute Gasteiger partial charge is 0.391 e. The van der Waals surface area contributed by atoms with Gasteiger partial charge in [0.05, 0.1) is 39.9 Å². The van der Waals surface area contributed by atoms with Crippen LogP contribution in [0, 0.1) is 0 Å². The zero-order chi connectivity index (χ0) is 38.6. The van der Waals surface area contributed by atoms with Crippen LogP contribution in [0.3, 0.4) is 0 Å². The maximum atomic E-state index is 12.9. The summed E-state index contributed by atoms with van der Waals surface area (Å²) in [6, 6.07) is -0.764. The van der Waals surface area contributed by atoms with Crippen LogP contribution in [0.2, 0.25) is 0 Å². The predicted octanol–water partition coefficient (Wildman–Crippen LogP) is 11.7. The molecule has 308 valence electrons. The van der Waals surface area contributed by atoms with Crippen molar-refractivity contribution in [2.45, 2.75) is 206 Å². The van der Waals surface area contributed by atoms with Crippen molar-refractivity contribution < 1.29 is 32.9 Å². The van der Waals surface area contributed by atoms with Crippen molar-refractivity contribution in [1.29, 1.82) is 0 Å². The van der Waals surface area contributed by atoms with Crippen molar-refractivity contribution >= 4 is 13.7 Å². The van der Waals surface area contributed by atoms with E-state index in [0.29, 0.717) is 23.9 Å². The molecular formula is C43H86N2O6P+. The first-order chi connectivity index (χ1) is 25.0. The number of aliphatic hydroxyl groups excluding tert-OH is 1. The molecule has 0 aromatic carbocycles. The first-order valence-corrected chi connectivity index (χ1v) is 23.2. The molecule has 9 heteroatoms. The summed E-state index contributed by atoms with van der Waals surface area (Å²) in [5.74, 6) is -0.159. The number of unbranched alkanes of at least 4 members (excludes halogenated alkanes) is 22. The Balaban J connectivity index is 4.41. The summed E-state index contributed by atoms with van der Waals surface area (Å²) < 4.78 is 23.6. The van der Waals surface area contributed by atoms with Crippen LogP contribution in [0.25, 0.3) is 0 Å². The first-order valence-electron chi connectivity index (χ1n) is 21.7. The molecular weight excluding hydrogens is 671 g/mol. The molecule has 0 saturated heterocycles. The van der Waals surface area contributed by atoms with E-state index in [1.807, 2.05) is 21.1 Å². The molecule has 52 heavy (non-hydrogen) atoms. The van der Waals surface area contributed by atoms with E-state index in [1.54, 1.807) is 0 Å². The van der Waals surface area contributed by atoms with Gasteiger partial charge in [-0.05, 0) is 44.9 Å². The van der Waals surface area contributed by atoms with Gasteiger partial charge in [0.1, 0.15) is 13.2 Å². The van der Waals surface area contributed by atoms with Crippen molar-refractivity contribution in [2.75, 3.05) is 40.9 Å². The molecule has 0 aliphatic rings. The average molecular weight is 758 g/mol. The van der Waals surface area contributed by atoms with Gasteiger partial charge in [-0.15, -0.1) is 0 Å². The second-order valence-corrected chi connectivity index (χ2v) is 17.5. The largest absolute Gasteiger partial charge is 0.472 e. The van der Waals surface area contributed by atoms with Gasteiger partial charge in [0.15, 0.2) is 0 Å². The molecule has 0 aromatic heterocycles. The number of rotatable bonds is 39. The highest BCUT2D eigenvalue weighted by Crippen LogP contribution is 2.43. The van der Waals surface area contributed by atoms with E-state index in [0.717, 1.165) is 64.2 Å². The average Bonchev–Trinajstić information content (AvgIpc) is 3.09. The Labute approximate surface area is 322 Å². The number of hydrogen-bond acceptors (Lipinski definition) is 5. The van der Waals surface area contributed by atoms with Gasteiger partial charge in [0.2, 0.25) is 5.91 Å². The summed E-state index contributed by atoms with van der Waals surface area (Å²) in [7, 11) is 1.61. The Morgan fingerprint density at radius 3 is 1.62 bits per heavy atom. The molecule has 0 aliphatic carbocycles. The highest BCUT2D eigenvalue weighted by atomic mass is 31.2. The molecule has 1 unspecified atom stereocenters. The second-order valence-electron chi connectivity index (χ2n) is 16.1. The quantitative estimate of drug-likeness (QED) is 0.0250. The van der Waals surface area contributed by atoms with Crippen molar-refractivity contribution in [3.05, 3.63) is 24.3 Å². The van der Waals surface area contributed by atoms with Crippen LogP contribution < -0.4 is 5.32 Å². The van der Waals surface area contributed by atoms with Crippen molar-refractivity contribution in [3.63, 3.8) is 0 Å². The minimum Gasteiger partial charge on any atom is -0.391 e. The van der Waals surface area contributed by atoms with E-state index in [-0.39, 0.29) is 19.1 Å². The van der Waals surface area contributed by atoms with E-state index in [2.05, 4.69) is 43.5 Å². The summed E-state index contributed by atoms with van der Waals surface area (Å²) in [6.45, 7) is 4.85. The van der Waals surface area contributed by atoms with Gasteiger partial charge in [-0.1, -0.05) is 167 Å². The number of carbonyl (C=O) groups is 1. The summed E-state index contributed by atoms with van der Waals surface area (Å²) in [4.78, 5) is 23.1. The molecule has 0 radical (unpaired) electrons. The predicted molar refractivity (Wildman–Crippen MR) is 221 cm³/mol. The zero-order valence-electron chi connectivity index (χ0n) is 34.8. The number of hydrogen-bond donors (Lipinski definition) is 3. The standard InChI is InChI=1S/C43H85N2O6P/c1-6-8-10-12-14-16-18-20-22-24-26-28-30-32-34-36-42(46)41(40-51-52(48,49)50-39-38-45(3,4)5)44-43(47)37-35-33-31-29-27-25-23-21-19-17-15-13-11-9-7-2/h15,17,21,23,41-42,46H,6-14,16,18-20,22,24-40H2,1-5H3,(H-,44,47,48,49)/p+1/b17-15+,23-21+/t41-,42+/m0/s1. The lowest BCUT2D eigenvalue weighted by molar-refractivity contribution is -0.870. The number of likely N-dealkylation sites (N-methyl/N-ethyl adjacent to an activating group) is 1. The van der Waals surface area contributed by atoms with Gasteiger partial charge in [-0.2, -0.15) is 0 Å². The molecule has 3 atom stereocenters. The molecule has 0 rings (SSSR count). The fraction of sp³-hybridized carbons (Fsp3) is 0.884. The number of nitrogens with one attached hydrogen (secondary N) is 1. The summed E-state index contributed by atoms with van der Waals surface area (Å²) >= 11 is 0. The maximum absolute atomic E-state index is 12.9. The van der Waals surface area contributed by atoms with Gasteiger partial charge in [0.25, 0.3) is 0 Å². The van der Waals surface area contributed by atoms with Crippen LogP contribution in [0.15, 0.2) is 24.3 Å². The molecule has 0 aromatic rings. The lowest BCUT2D eigenvalue weighted by Gasteiger charge is -2.26.